The molecule has 1 aliphatic carbocycles. The highest BCUT2D eigenvalue weighted by molar-refractivity contribution is 5.91. The maximum Gasteiger partial charge on any atom is 0.290 e. The Labute approximate surface area is 145 Å². The molecule has 0 aliphatic heterocycles. The fourth-order valence-electron chi connectivity index (χ4n) is 3.23. The number of carbonyl (C=O) groups is 1. The first-order chi connectivity index (χ1) is 12.3. The van der Waals surface area contributed by atoms with Crippen LogP contribution < -0.4 is 10.1 Å². The molecule has 0 unspecified atom stereocenters. The summed E-state index contributed by atoms with van der Waals surface area (Å²) in [5.41, 5.74) is 0.966. The average Bonchev–Trinajstić information content (AvgIpc) is 3.18. The number of benzene rings is 1. The molecule has 2 aromatic heterocycles. The summed E-state index contributed by atoms with van der Waals surface area (Å²) in [6.45, 7) is 0. The Bertz CT molecular complexity index is 855. The monoisotopic (exact) mass is 337 g/mol. The molecule has 3 aromatic rings. The molecule has 0 radical (unpaired) electrons. The molecule has 6 heteroatoms. The Morgan fingerprint density at radius 3 is 2.80 bits per heavy atom. The van der Waals surface area contributed by atoms with E-state index < -0.39 is 0 Å². The van der Waals surface area contributed by atoms with E-state index in [1.165, 1.54) is 6.20 Å². The molecule has 1 fully saturated rings. The number of aromatic nitrogens is 2. The number of pyridine rings is 1. The van der Waals surface area contributed by atoms with Crippen LogP contribution in [0.4, 0.5) is 0 Å². The van der Waals surface area contributed by atoms with Gasteiger partial charge in [-0.3, -0.25) is 9.78 Å². The molecule has 1 aliphatic rings. The van der Waals surface area contributed by atoms with Crippen LogP contribution in [0.1, 0.15) is 36.2 Å². The zero-order valence-electron chi connectivity index (χ0n) is 13.7. The van der Waals surface area contributed by atoms with Crippen LogP contribution in [0.5, 0.6) is 5.75 Å². The van der Waals surface area contributed by atoms with Crippen molar-refractivity contribution in [3.8, 4) is 5.75 Å². The number of amides is 1. The standard InChI is InChI=1S/C19H19N3O3/c23-19(18-9-11-21-25-18)22-14-3-5-15(6-4-14)24-16-7-8-17-13(12-16)2-1-10-20-17/h1-2,7-12,14-15H,3-6H2,(H,22,23). The van der Waals surface area contributed by atoms with E-state index in [1.54, 1.807) is 12.3 Å². The highest BCUT2D eigenvalue weighted by Crippen LogP contribution is 2.26. The lowest BCUT2D eigenvalue weighted by Crippen LogP contribution is -2.39. The number of nitrogens with zero attached hydrogens (tertiary/aromatic N) is 2. The number of hydrogen-bond donors (Lipinski definition) is 1. The third kappa shape index (κ3) is 3.63. The first-order valence-electron chi connectivity index (χ1n) is 8.51. The van der Waals surface area contributed by atoms with Gasteiger partial charge in [-0.05, 0) is 49.9 Å². The molecular weight excluding hydrogens is 318 g/mol. The van der Waals surface area contributed by atoms with E-state index >= 15 is 0 Å². The van der Waals surface area contributed by atoms with Crippen LogP contribution in [0.25, 0.3) is 10.9 Å². The number of ether oxygens (including phenoxy) is 1. The highest BCUT2D eigenvalue weighted by Gasteiger charge is 2.24. The van der Waals surface area contributed by atoms with Crippen LogP contribution in [0.2, 0.25) is 0 Å². The predicted molar refractivity (Wildman–Crippen MR) is 92.4 cm³/mol. The van der Waals surface area contributed by atoms with E-state index in [0.29, 0.717) is 0 Å². The van der Waals surface area contributed by atoms with Crippen LogP contribution in [0.3, 0.4) is 0 Å². The molecule has 1 N–H and O–H groups in total. The van der Waals surface area contributed by atoms with Crippen LogP contribution in [-0.2, 0) is 0 Å². The first-order valence-corrected chi connectivity index (χ1v) is 8.51. The normalized spacial score (nSPS) is 20.3. The number of carbonyl (C=O) groups excluding carboxylic acids is 1. The van der Waals surface area contributed by atoms with Gasteiger partial charge in [0.15, 0.2) is 0 Å². The Balaban J connectivity index is 1.31. The maximum absolute atomic E-state index is 12.0. The Kier molecular flexibility index (Phi) is 4.33. The Hall–Kier alpha value is -2.89. The number of rotatable bonds is 4. The van der Waals surface area contributed by atoms with Crippen molar-refractivity contribution >= 4 is 16.8 Å². The molecule has 25 heavy (non-hydrogen) atoms. The van der Waals surface area contributed by atoms with Gasteiger partial charge in [-0.15, -0.1) is 0 Å². The number of hydrogen-bond acceptors (Lipinski definition) is 5. The molecule has 6 nitrogen and oxygen atoms in total. The van der Waals surface area contributed by atoms with Gasteiger partial charge in [-0.1, -0.05) is 11.2 Å². The van der Waals surface area contributed by atoms with Crippen molar-refractivity contribution in [1.82, 2.24) is 15.5 Å². The lowest BCUT2D eigenvalue weighted by Gasteiger charge is -2.29. The summed E-state index contributed by atoms with van der Waals surface area (Å²) >= 11 is 0. The first kappa shape index (κ1) is 15.6. The Morgan fingerprint density at radius 1 is 1.12 bits per heavy atom. The fourth-order valence-corrected chi connectivity index (χ4v) is 3.23. The van der Waals surface area contributed by atoms with Crippen molar-refractivity contribution < 1.29 is 14.1 Å². The summed E-state index contributed by atoms with van der Waals surface area (Å²) in [7, 11) is 0. The van der Waals surface area contributed by atoms with Crippen molar-refractivity contribution in [2.75, 3.05) is 0 Å². The quantitative estimate of drug-likeness (QED) is 0.790. The zero-order valence-corrected chi connectivity index (χ0v) is 13.7. The maximum atomic E-state index is 12.0. The summed E-state index contributed by atoms with van der Waals surface area (Å²) < 4.78 is 11.0. The molecule has 2 heterocycles. The van der Waals surface area contributed by atoms with Gasteiger partial charge in [0, 0.05) is 23.7 Å². The van der Waals surface area contributed by atoms with Gasteiger partial charge in [-0.2, -0.15) is 0 Å². The second-order valence-corrected chi connectivity index (χ2v) is 6.30. The molecular formula is C19H19N3O3. The van der Waals surface area contributed by atoms with Gasteiger partial charge < -0.3 is 14.6 Å². The van der Waals surface area contributed by atoms with Crippen molar-refractivity contribution in [1.29, 1.82) is 0 Å². The van der Waals surface area contributed by atoms with Crippen LogP contribution in [-0.4, -0.2) is 28.2 Å². The van der Waals surface area contributed by atoms with Gasteiger partial charge in [-0.25, -0.2) is 0 Å². The van der Waals surface area contributed by atoms with Crippen LogP contribution in [0.15, 0.2) is 53.3 Å². The predicted octanol–water partition coefficient (Wildman–Crippen LogP) is 3.34. The minimum Gasteiger partial charge on any atom is -0.490 e. The summed E-state index contributed by atoms with van der Waals surface area (Å²) in [5, 5.41) is 7.63. The topological polar surface area (TPSA) is 77.2 Å². The summed E-state index contributed by atoms with van der Waals surface area (Å²) in [6.07, 6.45) is 7.03. The minimum atomic E-state index is -0.205. The molecule has 1 aromatic carbocycles. The highest BCUT2D eigenvalue weighted by atomic mass is 16.5. The van der Waals surface area contributed by atoms with Crippen LogP contribution >= 0.6 is 0 Å². The summed E-state index contributed by atoms with van der Waals surface area (Å²) in [5.74, 6) is 0.918. The van der Waals surface area contributed by atoms with Crippen molar-refractivity contribution in [2.24, 2.45) is 0 Å². The van der Waals surface area contributed by atoms with E-state index in [0.717, 1.165) is 42.3 Å². The zero-order chi connectivity index (χ0) is 17.1. The van der Waals surface area contributed by atoms with Gasteiger partial charge in [0.05, 0.1) is 17.8 Å². The third-order valence-electron chi connectivity index (χ3n) is 4.55. The lowest BCUT2D eigenvalue weighted by atomic mass is 9.93. The van der Waals surface area contributed by atoms with E-state index in [-0.39, 0.29) is 23.8 Å². The largest absolute Gasteiger partial charge is 0.490 e. The average molecular weight is 337 g/mol. The Morgan fingerprint density at radius 2 is 2.00 bits per heavy atom. The van der Waals surface area contributed by atoms with E-state index in [4.69, 9.17) is 9.26 Å². The second-order valence-electron chi connectivity index (χ2n) is 6.30. The van der Waals surface area contributed by atoms with Crippen molar-refractivity contribution in [3.63, 3.8) is 0 Å². The van der Waals surface area contributed by atoms with E-state index in [1.807, 2.05) is 30.3 Å². The smallest absolute Gasteiger partial charge is 0.290 e. The molecule has 0 atom stereocenters. The molecule has 0 saturated heterocycles. The molecule has 4 rings (SSSR count). The number of nitrogens with one attached hydrogen (secondary N) is 1. The van der Waals surface area contributed by atoms with Crippen molar-refractivity contribution in [3.05, 3.63) is 54.6 Å². The third-order valence-corrected chi connectivity index (χ3v) is 4.55. The van der Waals surface area contributed by atoms with Crippen LogP contribution in [0, 0.1) is 0 Å². The molecule has 128 valence electrons. The fraction of sp³-hybridized carbons (Fsp3) is 0.316. The summed E-state index contributed by atoms with van der Waals surface area (Å²) in [4.78, 5) is 16.3. The minimum absolute atomic E-state index is 0.151. The molecule has 0 spiro atoms. The SMILES string of the molecule is O=C(NC1CCC(Oc2ccc3ncccc3c2)CC1)c1ccno1. The molecule has 0 bridgehead atoms. The molecule has 1 saturated carbocycles. The van der Waals surface area contributed by atoms with Gasteiger partial charge in [0.25, 0.3) is 5.91 Å². The molecule has 1 amide bonds. The van der Waals surface area contributed by atoms with Gasteiger partial charge >= 0.3 is 0 Å². The lowest BCUT2D eigenvalue weighted by molar-refractivity contribution is 0.0858. The van der Waals surface area contributed by atoms with Gasteiger partial charge in [0.1, 0.15) is 5.75 Å². The van der Waals surface area contributed by atoms with Crippen molar-refractivity contribution in [2.45, 2.75) is 37.8 Å². The van der Waals surface area contributed by atoms with E-state index in [9.17, 15) is 4.79 Å². The summed E-state index contributed by atoms with van der Waals surface area (Å²) in [6, 6.07) is 11.7. The second kappa shape index (κ2) is 6.93. The van der Waals surface area contributed by atoms with E-state index in [2.05, 4.69) is 15.5 Å². The van der Waals surface area contributed by atoms with Gasteiger partial charge in [0.2, 0.25) is 5.76 Å². The number of fused-ring (bicyclic) bond motifs is 1.